The fraction of sp³-hybridized carbons (Fsp3) is 0.375. The number of anilines is 1. The average Bonchev–Trinajstić information content (AvgIpc) is 2.98. The van der Waals surface area contributed by atoms with E-state index in [2.05, 4.69) is 30.8 Å². The van der Waals surface area contributed by atoms with E-state index in [-0.39, 0.29) is 27.1 Å². The molecule has 0 saturated heterocycles. The SMILES string of the molecule is CCN(CC)CC.N#Cc1cnn(-c2cc(Cl)c(S(=O)(=O)O)cc2Cl)c1N. The van der Waals surface area contributed by atoms with Crippen molar-refractivity contribution in [3.63, 3.8) is 0 Å². The summed E-state index contributed by atoms with van der Waals surface area (Å²) in [5.41, 5.74) is 6.02. The van der Waals surface area contributed by atoms with Gasteiger partial charge in [0.1, 0.15) is 22.3 Å². The van der Waals surface area contributed by atoms with Gasteiger partial charge in [0.15, 0.2) is 0 Å². The predicted molar refractivity (Wildman–Crippen MR) is 106 cm³/mol. The molecule has 27 heavy (non-hydrogen) atoms. The highest BCUT2D eigenvalue weighted by atomic mass is 35.5. The van der Waals surface area contributed by atoms with E-state index in [1.165, 1.54) is 31.9 Å². The molecule has 11 heteroatoms. The average molecular weight is 434 g/mol. The Kier molecular flexibility index (Phi) is 8.53. The second-order valence-electron chi connectivity index (χ2n) is 5.30. The highest BCUT2D eigenvalue weighted by molar-refractivity contribution is 7.86. The van der Waals surface area contributed by atoms with Crippen LogP contribution < -0.4 is 5.73 Å². The molecule has 1 aromatic heterocycles. The number of nitrogens with zero attached hydrogens (tertiary/aromatic N) is 4. The van der Waals surface area contributed by atoms with Crippen molar-refractivity contribution in [2.45, 2.75) is 25.7 Å². The van der Waals surface area contributed by atoms with E-state index in [4.69, 9.17) is 38.8 Å². The molecule has 2 aromatic rings. The smallest absolute Gasteiger partial charge is 0.296 e. The molecular weight excluding hydrogens is 413 g/mol. The molecule has 0 atom stereocenters. The lowest BCUT2D eigenvalue weighted by atomic mass is 10.3. The maximum atomic E-state index is 11.1. The van der Waals surface area contributed by atoms with Crippen molar-refractivity contribution in [1.82, 2.24) is 14.7 Å². The molecule has 8 nitrogen and oxygen atoms in total. The van der Waals surface area contributed by atoms with Gasteiger partial charge in [-0.25, -0.2) is 4.68 Å². The molecular formula is C16H21Cl2N5O3S. The molecule has 0 spiro atoms. The van der Waals surface area contributed by atoms with Gasteiger partial charge in [0.2, 0.25) is 0 Å². The summed E-state index contributed by atoms with van der Waals surface area (Å²) < 4.78 is 32.3. The van der Waals surface area contributed by atoms with Crippen LogP contribution in [0.15, 0.2) is 23.2 Å². The van der Waals surface area contributed by atoms with Crippen LogP contribution in [-0.2, 0) is 10.1 Å². The second kappa shape index (κ2) is 9.92. The van der Waals surface area contributed by atoms with Gasteiger partial charge in [-0.2, -0.15) is 18.8 Å². The van der Waals surface area contributed by atoms with E-state index in [9.17, 15) is 8.42 Å². The van der Waals surface area contributed by atoms with E-state index < -0.39 is 15.0 Å². The molecule has 0 bridgehead atoms. The van der Waals surface area contributed by atoms with Crippen LogP contribution in [0, 0.1) is 11.3 Å². The molecule has 0 aliphatic rings. The summed E-state index contributed by atoms with van der Waals surface area (Å²) in [6, 6.07) is 3.99. The maximum Gasteiger partial charge on any atom is 0.296 e. The summed E-state index contributed by atoms with van der Waals surface area (Å²) in [7, 11) is -4.49. The standard InChI is InChI=1S/C10H6Cl2N4O3S.C6H15N/c11-6-2-9(20(17,18)19)7(12)1-8(6)16-10(14)5(3-13)4-15-16;1-4-7(5-2)6-3/h1-2,4H,14H2,(H,17,18,19);4-6H2,1-3H3. The van der Waals surface area contributed by atoms with Gasteiger partial charge in [-0.3, -0.25) is 4.55 Å². The van der Waals surface area contributed by atoms with Gasteiger partial charge in [0.05, 0.1) is 21.9 Å². The van der Waals surface area contributed by atoms with E-state index in [0.717, 1.165) is 10.7 Å². The minimum atomic E-state index is -4.49. The Morgan fingerprint density at radius 3 is 2.15 bits per heavy atom. The van der Waals surface area contributed by atoms with Crippen LogP contribution in [0.4, 0.5) is 5.82 Å². The lowest BCUT2D eigenvalue weighted by molar-refractivity contribution is 0.321. The number of aromatic nitrogens is 2. The van der Waals surface area contributed by atoms with Crippen molar-refractivity contribution in [2.24, 2.45) is 0 Å². The van der Waals surface area contributed by atoms with E-state index >= 15 is 0 Å². The minimum absolute atomic E-state index is 0.0325. The van der Waals surface area contributed by atoms with Gasteiger partial charge in [-0.15, -0.1) is 0 Å². The van der Waals surface area contributed by atoms with Crippen LogP contribution >= 0.6 is 23.2 Å². The maximum absolute atomic E-state index is 11.1. The van der Waals surface area contributed by atoms with Gasteiger partial charge >= 0.3 is 0 Å². The van der Waals surface area contributed by atoms with Crippen LogP contribution in [0.2, 0.25) is 10.0 Å². The third kappa shape index (κ3) is 5.82. The summed E-state index contributed by atoms with van der Waals surface area (Å²) in [6.07, 6.45) is 1.23. The number of nitrogen functional groups attached to an aromatic ring is 1. The quantitative estimate of drug-likeness (QED) is 0.692. The van der Waals surface area contributed by atoms with Crippen LogP contribution in [0.3, 0.4) is 0 Å². The van der Waals surface area contributed by atoms with E-state index in [1.807, 2.05) is 6.07 Å². The second-order valence-corrected chi connectivity index (χ2v) is 7.50. The number of benzene rings is 1. The van der Waals surface area contributed by atoms with Crippen LogP contribution in [0.5, 0.6) is 0 Å². The largest absolute Gasteiger partial charge is 0.382 e. The molecule has 1 aromatic carbocycles. The minimum Gasteiger partial charge on any atom is -0.382 e. The summed E-state index contributed by atoms with van der Waals surface area (Å²) in [6.45, 7) is 10.1. The number of hydrogen-bond acceptors (Lipinski definition) is 6. The number of halogens is 2. The first-order valence-electron chi connectivity index (χ1n) is 8.03. The first kappa shape index (κ1) is 23.2. The van der Waals surface area contributed by atoms with Gasteiger partial charge in [0, 0.05) is 0 Å². The topological polar surface area (TPSA) is 125 Å². The van der Waals surface area contributed by atoms with E-state index in [0.29, 0.717) is 0 Å². The summed E-state index contributed by atoms with van der Waals surface area (Å²) >= 11 is 11.7. The molecule has 2 rings (SSSR count). The van der Waals surface area contributed by atoms with Gasteiger partial charge in [-0.05, 0) is 31.8 Å². The Balaban J connectivity index is 0.000000445. The number of rotatable bonds is 5. The molecule has 1 heterocycles. The summed E-state index contributed by atoms with van der Waals surface area (Å²) in [5.74, 6) is 0.0325. The normalized spacial score (nSPS) is 11.0. The fourth-order valence-electron chi connectivity index (χ4n) is 2.18. The summed E-state index contributed by atoms with van der Waals surface area (Å²) in [5, 5.41) is 12.4. The Hall–Kier alpha value is -1.83. The van der Waals surface area contributed by atoms with Crippen LogP contribution in [0.25, 0.3) is 5.69 Å². The molecule has 0 unspecified atom stereocenters. The number of nitrogens with two attached hydrogens (primary N) is 1. The van der Waals surface area contributed by atoms with Gasteiger partial charge in [0.25, 0.3) is 10.1 Å². The van der Waals surface area contributed by atoms with Crippen molar-refractivity contribution < 1.29 is 13.0 Å². The van der Waals surface area contributed by atoms with Crippen molar-refractivity contribution in [3.05, 3.63) is 33.9 Å². The molecule has 148 valence electrons. The first-order chi connectivity index (χ1) is 12.6. The predicted octanol–water partition coefficient (Wildman–Crippen LogP) is 3.23. The number of hydrogen-bond donors (Lipinski definition) is 2. The number of nitriles is 1. The Morgan fingerprint density at radius 2 is 1.78 bits per heavy atom. The molecule has 3 N–H and O–H groups in total. The van der Waals surface area contributed by atoms with Crippen molar-refractivity contribution in [1.29, 1.82) is 5.26 Å². The zero-order valence-corrected chi connectivity index (χ0v) is 17.5. The van der Waals surface area contributed by atoms with E-state index in [1.54, 1.807) is 0 Å². The van der Waals surface area contributed by atoms with Crippen molar-refractivity contribution in [2.75, 3.05) is 25.4 Å². The third-order valence-corrected chi connectivity index (χ3v) is 5.40. The van der Waals surface area contributed by atoms with Gasteiger partial charge < -0.3 is 10.6 Å². The Labute approximate surface area is 168 Å². The molecule has 0 radical (unpaired) electrons. The monoisotopic (exact) mass is 433 g/mol. The zero-order valence-electron chi connectivity index (χ0n) is 15.1. The Morgan fingerprint density at radius 1 is 1.22 bits per heavy atom. The molecule has 0 amide bonds. The van der Waals surface area contributed by atoms with Crippen LogP contribution in [0.1, 0.15) is 26.3 Å². The Bertz CT molecular complexity index is 929. The van der Waals surface area contributed by atoms with Crippen molar-refractivity contribution in [3.8, 4) is 11.8 Å². The lowest BCUT2D eigenvalue weighted by Gasteiger charge is -2.13. The summed E-state index contributed by atoms with van der Waals surface area (Å²) in [4.78, 5) is 1.85. The molecule has 0 fully saturated rings. The van der Waals surface area contributed by atoms with Gasteiger partial charge in [-0.1, -0.05) is 44.0 Å². The van der Waals surface area contributed by atoms with Crippen LogP contribution in [-0.4, -0.2) is 47.3 Å². The molecule has 0 saturated carbocycles. The van der Waals surface area contributed by atoms with Crippen molar-refractivity contribution >= 4 is 39.1 Å². The third-order valence-electron chi connectivity index (χ3n) is 3.78. The highest BCUT2D eigenvalue weighted by Gasteiger charge is 2.20. The molecule has 0 aliphatic heterocycles. The zero-order chi connectivity index (χ0) is 20.8. The lowest BCUT2D eigenvalue weighted by Crippen LogP contribution is -2.21. The highest BCUT2D eigenvalue weighted by Crippen LogP contribution is 2.32. The molecule has 0 aliphatic carbocycles. The fourth-order valence-corrected chi connectivity index (χ4v) is 3.52. The first-order valence-corrected chi connectivity index (χ1v) is 10.2.